The fraction of sp³-hybridized carbons (Fsp3) is 0.667. The summed E-state index contributed by atoms with van der Waals surface area (Å²) in [5.74, 6) is 0.793. The fourth-order valence-electron chi connectivity index (χ4n) is 8.14. The number of ketones is 1. The van der Waals surface area contributed by atoms with Crippen LogP contribution in [0.15, 0.2) is 46.3 Å². The molecule has 0 heterocycles. The van der Waals surface area contributed by atoms with Gasteiger partial charge in [0.05, 0.1) is 11.5 Å². The van der Waals surface area contributed by atoms with Gasteiger partial charge in [-0.2, -0.15) is 5.26 Å². The van der Waals surface area contributed by atoms with Gasteiger partial charge in [0.2, 0.25) is 5.78 Å². The Morgan fingerprint density at radius 1 is 1.00 bits per heavy atom. The van der Waals surface area contributed by atoms with Crippen molar-refractivity contribution in [2.75, 3.05) is 0 Å². The van der Waals surface area contributed by atoms with Crippen LogP contribution in [0.3, 0.4) is 0 Å². The van der Waals surface area contributed by atoms with E-state index in [0.717, 1.165) is 43.3 Å². The van der Waals surface area contributed by atoms with Crippen molar-refractivity contribution >= 4 is 5.78 Å². The van der Waals surface area contributed by atoms with E-state index in [2.05, 4.69) is 45.9 Å². The summed E-state index contributed by atoms with van der Waals surface area (Å²) in [5.41, 5.74) is 4.38. The number of nitriles is 1. The topological polar surface area (TPSA) is 61.1 Å². The van der Waals surface area contributed by atoms with E-state index in [1.807, 2.05) is 20.8 Å². The first-order valence-corrected chi connectivity index (χ1v) is 13.0. The van der Waals surface area contributed by atoms with Gasteiger partial charge in [0, 0.05) is 11.0 Å². The third-order valence-corrected chi connectivity index (χ3v) is 10.3. The number of nitrogens with zero attached hydrogens (tertiary/aromatic N) is 1. The zero-order chi connectivity index (χ0) is 24.4. The van der Waals surface area contributed by atoms with Gasteiger partial charge >= 0.3 is 0 Å². The number of aliphatic hydroxyl groups excluding tert-OH is 1. The van der Waals surface area contributed by atoms with Crippen LogP contribution in [0, 0.1) is 44.8 Å². The van der Waals surface area contributed by atoms with Crippen molar-refractivity contribution in [3.8, 4) is 6.07 Å². The molecule has 6 atom stereocenters. The molecule has 5 rings (SSSR count). The van der Waals surface area contributed by atoms with Crippen molar-refractivity contribution < 1.29 is 9.90 Å². The van der Waals surface area contributed by atoms with E-state index < -0.39 is 0 Å². The lowest BCUT2D eigenvalue weighted by Gasteiger charge is -2.64. The summed E-state index contributed by atoms with van der Waals surface area (Å²) >= 11 is 0. The van der Waals surface area contributed by atoms with Gasteiger partial charge in [0.1, 0.15) is 0 Å². The van der Waals surface area contributed by atoms with E-state index in [1.54, 1.807) is 6.08 Å². The third kappa shape index (κ3) is 3.23. The number of hydrogen-bond donors (Lipinski definition) is 1. The minimum Gasteiger partial charge on any atom is -0.504 e. The molecular formula is C30H41NO2. The van der Waals surface area contributed by atoms with Crippen LogP contribution in [0.2, 0.25) is 0 Å². The van der Waals surface area contributed by atoms with Crippen molar-refractivity contribution in [2.45, 2.75) is 93.4 Å². The van der Waals surface area contributed by atoms with Crippen molar-refractivity contribution in [3.05, 3.63) is 46.3 Å². The van der Waals surface area contributed by atoms with Crippen molar-refractivity contribution in [2.24, 2.45) is 33.5 Å². The molecule has 0 aliphatic heterocycles. The summed E-state index contributed by atoms with van der Waals surface area (Å²) in [7, 11) is 0. The third-order valence-electron chi connectivity index (χ3n) is 10.3. The lowest BCUT2D eigenvalue weighted by atomic mass is 9.40. The van der Waals surface area contributed by atoms with Gasteiger partial charge in [0.15, 0.2) is 5.76 Å². The number of rotatable bonds is 0. The van der Waals surface area contributed by atoms with Gasteiger partial charge in [-0.25, -0.2) is 0 Å². The number of allylic oxidation sites excluding steroid dienone is 7. The summed E-state index contributed by atoms with van der Waals surface area (Å²) in [6, 6.07) is 2.65. The molecule has 0 amide bonds. The largest absolute Gasteiger partial charge is 0.504 e. The second-order valence-corrected chi connectivity index (χ2v) is 12.1. The Bertz CT molecular complexity index is 1050. The second kappa shape index (κ2) is 7.72. The maximum Gasteiger partial charge on any atom is 0.220 e. The summed E-state index contributed by atoms with van der Waals surface area (Å²) in [6.45, 7) is 15.3. The van der Waals surface area contributed by atoms with E-state index in [4.69, 9.17) is 0 Å². The Morgan fingerprint density at radius 2 is 1.67 bits per heavy atom. The fourth-order valence-corrected chi connectivity index (χ4v) is 8.14. The summed E-state index contributed by atoms with van der Waals surface area (Å²) in [4.78, 5) is 12.5. The first-order chi connectivity index (χ1) is 15.5. The molecule has 0 aromatic rings. The van der Waals surface area contributed by atoms with Crippen LogP contribution < -0.4 is 0 Å². The predicted octanol–water partition coefficient (Wildman–Crippen LogP) is 7.77. The highest BCUT2D eigenvalue weighted by molar-refractivity contribution is 6.06. The number of hydrogen-bond acceptors (Lipinski definition) is 3. The van der Waals surface area contributed by atoms with E-state index in [0.29, 0.717) is 22.8 Å². The van der Waals surface area contributed by atoms with Crippen LogP contribution in [0.25, 0.3) is 0 Å². The maximum absolute atomic E-state index is 12.5. The van der Waals surface area contributed by atoms with Gasteiger partial charge in [-0.05, 0) is 98.7 Å². The molecule has 0 bridgehead atoms. The maximum atomic E-state index is 12.5. The smallest absolute Gasteiger partial charge is 0.220 e. The Labute approximate surface area is 200 Å². The van der Waals surface area contributed by atoms with E-state index in [1.165, 1.54) is 18.4 Å². The lowest BCUT2D eigenvalue weighted by Crippen LogP contribution is -2.56. The summed E-state index contributed by atoms with van der Waals surface area (Å²) in [5, 5.41) is 20.1. The Balaban J connectivity index is 0.00000126. The van der Waals surface area contributed by atoms with E-state index in [-0.39, 0.29) is 27.8 Å². The van der Waals surface area contributed by atoms with Gasteiger partial charge in [-0.15, -0.1) is 0 Å². The molecule has 1 N–H and O–H groups in total. The molecule has 0 saturated heterocycles. The van der Waals surface area contributed by atoms with Crippen LogP contribution in [0.4, 0.5) is 0 Å². The zero-order valence-corrected chi connectivity index (χ0v) is 21.6. The van der Waals surface area contributed by atoms with E-state index in [9.17, 15) is 15.2 Å². The Kier molecular flexibility index (Phi) is 5.63. The van der Waals surface area contributed by atoms with Crippen LogP contribution in [-0.4, -0.2) is 10.9 Å². The van der Waals surface area contributed by atoms with Gasteiger partial charge in [0.25, 0.3) is 0 Å². The molecule has 0 radical (unpaired) electrons. The molecule has 5 aliphatic carbocycles. The molecule has 3 saturated carbocycles. The highest BCUT2D eigenvalue weighted by Crippen LogP contribution is 2.70. The summed E-state index contributed by atoms with van der Waals surface area (Å²) < 4.78 is 0. The SMILES string of the molecule is CC.CC1=C(O)C(=O)C=C2C1=CC=C1C2(C)CCC2C3C[C@](C)(C#N)CCC3(C)CCC12C. The first kappa shape index (κ1) is 24.1. The molecular weight excluding hydrogens is 406 g/mol. The van der Waals surface area contributed by atoms with Gasteiger partial charge in [-0.3, -0.25) is 4.79 Å². The standard InChI is InChI=1S/C28H35NO2.C2H6/c1-17-18-6-7-23-27(4,20(18)14-22(30)24(17)31)9-8-19-21-15-25(2,16-29)10-11-26(21,3)12-13-28(19,23)5;1-2/h6-7,14,19,21,31H,8-13,15H2,1-5H3;1-2H3/t19?,21?,25-,26?,27?,28?;/m1./s1. The number of aliphatic hydroxyl groups is 1. The minimum atomic E-state index is -0.257. The van der Waals surface area contributed by atoms with E-state index >= 15 is 0 Å². The van der Waals surface area contributed by atoms with Crippen molar-refractivity contribution in [1.29, 1.82) is 5.26 Å². The Morgan fingerprint density at radius 3 is 2.33 bits per heavy atom. The van der Waals surface area contributed by atoms with Gasteiger partial charge < -0.3 is 5.11 Å². The number of fused-ring (bicyclic) bond motifs is 7. The molecule has 0 aromatic heterocycles. The molecule has 3 fully saturated rings. The second-order valence-electron chi connectivity index (χ2n) is 12.1. The molecule has 0 spiro atoms. The zero-order valence-electron chi connectivity index (χ0n) is 21.6. The highest BCUT2D eigenvalue weighted by atomic mass is 16.3. The molecule has 3 heteroatoms. The quantitative estimate of drug-likeness (QED) is 0.412. The molecule has 5 unspecified atom stereocenters. The average Bonchev–Trinajstić information content (AvgIpc) is 2.80. The van der Waals surface area contributed by atoms with Crippen molar-refractivity contribution in [3.63, 3.8) is 0 Å². The van der Waals surface area contributed by atoms with Crippen molar-refractivity contribution in [1.82, 2.24) is 0 Å². The molecule has 0 aromatic carbocycles. The monoisotopic (exact) mass is 447 g/mol. The molecule has 178 valence electrons. The van der Waals surface area contributed by atoms with Crippen LogP contribution in [0.5, 0.6) is 0 Å². The molecule has 33 heavy (non-hydrogen) atoms. The molecule has 5 aliphatic rings. The lowest BCUT2D eigenvalue weighted by molar-refractivity contribution is -0.114. The van der Waals surface area contributed by atoms with Crippen LogP contribution in [-0.2, 0) is 4.79 Å². The molecule has 3 nitrogen and oxygen atoms in total. The summed E-state index contributed by atoms with van der Waals surface area (Å²) in [6.07, 6.45) is 13.9. The van der Waals surface area contributed by atoms with Crippen LogP contribution in [0.1, 0.15) is 93.4 Å². The first-order valence-electron chi connectivity index (χ1n) is 13.0. The highest BCUT2D eigenvalue weighted by Gasteiger charge is 2.61. The number of carbonyl (C=O) groups excluding carboxylic acids is 1. The average molecular weight is 448 g/mol. The Hall–Kier alpha value is -2.08. The minimum absolute atomic E-state index is 0.0912. The predicted molar refractivity (Wildman–Crippen MR) is 133 cm³/mol. The normalized spacial score (nSPS) is 43.8. The van der Waals surface area contributed by atoms with Crippen LogP contribution >= 0.6 is 0 Å². The van der Waals surface area contributed by atoms with Gasteiger partial charge in [-0.1, -0.05) is 52.3 Å². The number of carbonyl (C=O) groups is 1.